The molecule has 0 aliphatic carbocycles. The van der Waals surface area contributed by atoms with E-state index in [1.807, 2.05) is 63.2 Å². The van der Waals surface area contributed by atoms with Crippen LogP contribution in [0.15, 0.2) is 48.2 Å². The SMILES string of the molecule is CCCOc1ccc(C2=C(Nc3ccc(C)cc3C)C(=O)N(CCC)C2=O)cc1. The van der Waals surface area contributed by atoms with Crippen LogP contribution in [0.4, 0.5) is 5.69 Å². The number of carbonyl (C=O) groups excluding carboxylic acids is 2. The predicted molar refractivity (Wildman–Crippen MR) is 116 cm³/mol. The monoisotopic (exact) mass is 392 g/mol. The summed E-state index contributed by atoms with van der Waals surface area (Å²) in [7, 11) is 0. The lowest BCUT2D eigenvalue weighted by atomic mass is 10.0. The van der Waals surface area contributed by atoms with Gasteiger partial charge in [-0.05, 0) is 56.0 Å². The van der Waals surface area contributed by atoms with Crippen molar-refractivity contribution >= 4 is 23.1 Å². The number of hydrogen-bond donors (Lipinski definition) is 1. The van der Waals surface area contributed by atoms with Crippen LogP contribution in [0.25, 0.3) is 5.57 Å². The minimum absolute atomic E-state index is 0.258. The number of anilines is 1. The van der Waals surface area contributed by atoms with E-state index in [4.69, 9.17) is 4.74 Å². The fourth-order valence-electron chi connectivity index (χ4n) is 3.41. The third kappa shape index (κ3) is 4.34. The minimum atomic E-state index is -0.280. The molecule has 0 atom stereocenters. The highest BCUT2D eigenvalue weighted by molar-refractivity contribution is 6.36. The van der Waals surface area contributed by atoms with Crippen molar-refractivity contribution in [3.8, 4) is 5.75 Å². The fraction of sp³-hybridized carbons (Fsp3) is 0.333. The van der Waals surface area contributed by atoms with E-state index < -0.39 is 0 Å². The number of benzene rings is 2. The molecule has 2 aromatic rings. The van der Waals surface area contributed by atoms with E-state index in [0.717, 1.165) is 29.0 Å². The van der Waals surface area contributed by atoms with Gasteiger partial charge < -0.3 is 10.1 Å². The number of ether oxygens (including phenoxy) is 1. The van der Waals surface area contributed by atoms with Gasteiger partial charge in [-0.15, -0.1) is 0 Å². The molecular weight excluding hydrogens is 364 g/mol. The number of aryl methyl sites for hydroxylation is 2. The molecular formula is C24H28N2O3. The van der Waals surface area contributed by atoms with Crippen molar-refractivity contribution in [2.24, 2.45) is 0 Å². The second-order valence-corrected chi connectivity index (χ2v) is 7.33. The molecule has 0 unspecified atom stereocenters. The highest BCUT2D eigenvalue weighted by atomic mass is 16.5. The Morgan fingerprint density at radius 2 is 1.66 bits per heavy atom. The fourth-order valence-corrected chi connectivity index (χ4v) is 3.41. The molecule has 0 aromatic heterocycles. The third-order valence-corrected chi connectivity index (χ3v) is 4.87. The number of nitrogens with zero attached hydrogens (tertiary/aromatic N) is 1. The quantitative estimate of drug-likeness (QED) is 0.662. The molecule has 5 nitrogen and oxygen atoms in total. The summed E-state index contributed by atoms with van der Waals surface area (Å²) >= 11 is 0. The first kappa shape index (κ1) is 20.6. The highest BCUT2D eigenvalue weighted by Crippen LogP contribution is 2.32. The van der Waals surface area contributed by atoms with Gasteiger partial charge in [-0.1, -0.05) is 43.7 Å². The van der Waals surface area contributed by atoms with E-state index in [0.29, 0.717) is 36.4 Å². The lowest BCUT2D eigenvalue weighted by molar-refractivity contribution is -0.136. The summed E-state index contributed by atoms with van der Waals surface area (Å²) in [5.41, 5.74) is 4.44. The van der Waals surface area contributed by atoms with Crippen molar-refractivity contribution in [3.63, 3.8) is 0 Å². The number of amides is 2. The van der Waals surface area contributed by atoms with Gasteiger partial charge in [0.15, 0.2) is 0 Å². The molecule has 2 amide bonds. The van der Waals surface area contributed by atoms with Gasteiger partial charge >= 0.3 is 0 Å². The van der Waals surface area contributed by atoms with Gasteiger partial charge in [0.05, 0.1) is 12.2 Å². The molecule has 1 N–H and O–H groups in total. The molecule has 5 heteroatoms. The first-order valence-corrected chi connectivity index (χ1v) is 10.1. The van der Waals surface area contributed by atoms with Crippen LogP contribution in [0.5, 0.6) is 5.75 Å². The van der Waals surface area contributed by atoms with Crippen molar-refractivity contribution in [1.82, 2.24) is 4.90 Å². The zero-order valence-corrected chi connectivity index (χ0v) is 17.5. The number of hydrogen-bond acceptors (Lipinski definition) is 4. The smallest absolute Gasteiger partial charge is 0.278 e. The third-order valence-electron chi connectivity index (χ3n) is 4.87. The molecule has 1 aliphatic heterocycles. The Balaban J connectivity index is 2.01. The molecule has 3 rings (SSSR count). The van der Waals surface area contributed by atoms with E-state index >= 15 is 0 Å². The average Bonchev–Trinajstić information content (AvgIpc) is 2.93. The van der Waals surface area contributed by atoms with Crippen LogP contribution in [-0.2, 0) is 9.59 Å². The summed E-state index contributed by atoms with van der Waals surface area (Å²) in [5, 5.41) is 3.24. The summed E-state index contributed by atoms with van der Waals surface area (Å²) in [6.45, 7) is 9.06. The Morgan fingerprint density at radius 1 is 0.931 bits per heavy atom. The minimum Gasteiger partial charge on any atom is -0.494 e. The number of carbonyl (C=O) groups is 2. The molecule has 0 saturated heterocycles. The zero-order valence-electron chi connectivity index (χ0n) is 17.5. The van der Waals surface area contributed by atoms with E-state index in [9.17, 15) is 9.59 Å². The molecule has 0 bridgehead atoms. The Morgan fingerprint density at radius 3 is 2.28 bits per heavy atom. The van der Waals surface area contributed by atoms with Crippen LogP contribution >= 0.6 is 0 Å². The van der Waals surface area contributed by atoms with E-state index in [1.54, 1.807) is 0 Å². The maximum Gasteiger partial charge on any atom is 0.278 e. The number of nitrogens with one attached hydrogen (secondary N) is 1. The van der Waals surface area contributed by atoms with Gasteiger partial charge in [0.2, 0.25) is 0 Å². The normalized spacial score (nSPS) is 14.0. The molecule has 0 spiro atoms. The maximum atomic E-state index is 13.1. The van der Waals surface area contributed by atoms with E-state index in [-0.39, 0.29) is 11.8 Å². The second-order valence-electron chi connectivity index (χ2n) is 7.33. The summed E-state index contributed by atoms with van der Waals surface area (Å²) in [6.07, 6.45) is 1.64. The van der Waals surface area contributed by atoms with Crippen molar-refractivity contribution in [1.29, 1.82) is 0 Å². The highest BCUT2D eigenvalue weighted by Gasteiger charge is 2.38. The van der Waals surface area contributed by atoms with Gasteiger partial charge in [0.25, 0.3) is 11.8 Å². The van der Waals surface area contributed by atoms with Gasteiger partial charge in [0.1, 0.15) is 11.4 Å². The van der Waals surface area contributed by atoms with Crippen LogP contribution in [0, 0.1) is 13.8 Å². The van der Waals surface area contributed by atoms with Crippen LogP contribution in [0.2, 0.25) is 0 Å². The van der Waals surface area contributed by atoms with Crippen molar-refractivity contribution < 1.29 is 14.3 Å². The van der Waals surface area contributed by atoms with Crippen LogP contribution < -0.4 is 10.1 Å². The standard InChI is InChI=1S/C24H28N2O3/c1-5-13-26-23(27)21(18-8-10-19(11-9-18)29-14-6-2)22(24(26)28)25-20-12-7-16(3)15-17(20)4/h7-12,15,25H,5-6,13-14H2,1-4H3. The summed E-state index contributed by atoms with van der Waals surface area (Å²) in [5.74, 6) is 0.215. The Kier molecular flexibility index (Phi) is 6.37. The van der Waals surface area contributed by atoms with Gasteiger partial charge in [-0.2, -0.15) is 0 Å². The second kappa shape index (κ2) is 8.95. The number of imide groups is 1. The Hall–Kier alpha value is -3.08. The Labute approximate surface area is 172 Å². The molecule has 1 heterocycles. The molecule has 0 saturated carbocycles. The van der Waals surface area contributed by atoms with Crippen LogP contribution in [-0.4, -0.2) is 29.9 Å². The maximum absolute atomic E-state index is 13.1. The van der Waals surface area contributed by atoms with Gasteiger partial charge in [-0.3, -0.25) is 14.5 Å². The van der Waals surface area contributed by atoms with Crippen LogP contribution in [0.3, 0.4) is 0 Å². The largest absolute Gasteiger partial charge is 0.494 e. The lowest BCUT2D eigenvalue weighted by Gasteiger charge is -2.14. The Bertz CT molecular complexity index is 945. The van der Waals surface area contributed by atoms with Crippen LogP contribution in [0.1, 0.15) is 43.4 Å². The first-order valence-electron chi connectivity index (χ1n) is 10.1. The molecule has 0 radical (unpaired) electrons. The van der Waals surface area contributed by atoms with Gasteiger partial charge in [0, 0.05) is 12.2 Å². The lowest BCUT2D eigenvalue weighted by Crippen LogP contribution is -2.33. The number of rotatable bonds is 8. The molecule has 29 heavy (non-hydrogen) atoms. The topological polar surface area (TPSA) is 58.6 Å². The molecule has 2 aromatic carbocycles. The molecule has 0 fully saturated rings. The molecule has 152 valence electrons. The van der Waals surface area contributed by atoms with E-state index in [1.165, 1.54) is 4.90 Å². The summed E-state index contributed by atoms with van der Waals surface area (Å²) < 4.78 is 5.64. The van der Waals surface area contributed by atoms with Crippen molar-refractivity contribution in [3.05, 3.63) is 64.9 Å². The molecule has 1 aliphatic rings. The first-order chi connectivity index (χ1) is 14.0. The summed E-state index contributed by atoms with van der Waals surface area (Å²) in [6, 6.07) is 13.3. The van der Waals surface area contributed by atoms with Gasteiger partial charge in [-0.25, -0.2) is 0 Å². The summed E-state index contributed by atoms with van der Waals surface area (Å²) in [4.78, 5) is 27.4. The zero-order chi connectivity index (χ0) is 21.0. The predicted octanol–water partition coefficient (Wildman–Crippen LogP) is 4.69. The van der Waals surface area contributed by atoms with E-state index in [2.05, 4.69) is 12.2 Å². The van der Waals surface area contributed by atoms with Crippen molar-refractivity contribution in [2.75, 3.05) is 18.5 Å². The average molecular weight is 392 g/mol. The van der Waals surface area contributed by atoms with Crippen molar-refractivity contribution in [2.45, 2.75) is 40.5 Å².